The fraction of sp³-hybridized carbons (Fsp3) is 0.612. The molecule has 0 saturated carbocycles. The smallest absolute Gasteiger partial charge is 0.343 e. The molecule has 1 radical (unpaired) electrons. The topological polar surface area (TPSA) is 67.9 Å². The van der Waals surface area contributed by atoms with E-state index in [1.54, 1.807) is 24.3 Å². The van der Waals surface area contributed by atoms with Gasteiger partial charge in [0.05, 0.1) is 29.9 Å². The van der Waals surface area contributed by atoms with E-state index in [4.69, 9.17) is 14.2 Å². The van der Waals surface area contributed by atoms with Crippen LogP contribution in [0, 0.1) is 0 Å². The summed E-state index contributed by atoms with van der Waals surface area (Å²) < 4.78 is 17.7. The van der Waals surface area contributed by atoms with Gasteiger partial charge in [-0.2, -0.15) is 0 Å². The number of esters is 1. The van der Waals surface area contributed by atoms with Crippen LogP contribution in [-0.2, 0) is 16.3 Å². The molecule has 1 aliphatic rings. The normalized spacial score (nSPS) is 18.4. The molecule has 1 aliphatic heterocycles. The molecule has 4 rings (SSSR count). The maximum atomic E-state index is 14.1. The van der Waals surface area contributed by atoms with Crippen molar-refractivity contribution in [2.45, 2.75) is 180 Å². The van der Waals surface area contributed by atoms with E-state index >= 15 is 0 Å². The SMILES string of the molecule is CCCCCCCCCCCCOc1ccc(C(=O)Oc2ccc([C@]3(C)CC[C@@](C)(c4ccc(OCCCCCCCCCCCC)cc4)N3[O])cc2)cc1. The zero-order valence-corrected chi connectivity index (χ0v) is 34.9. The Balaban J connectivity index is 1.16. The second-order valence-corrected chi connectivity index (χ2v) is 16.4. The zero-order chi connectivity index (χ0) is 39.2. The molecule has 3 aromatic rings. The van der Waals surface area contributed by atoms with Gasteiger partial charge in [0.15, 0.2) is 0 Å². The lowest BCUT2D eigenvalue weighted by Gasteiger charge is -2.37. The number of hydroxylamine groups is 2. The Kier molecular flexibility index (Phi) is 19.6. The van der Waals surface area contributed by atoms with Crippen molar-refractivity contribution in [1.29, 1.82) is 0 Å². The molecule has 6 nitrogen and oxygen atoms in total. The molecule has 0 N–H and O–H groups in total. The molecule has 55 heavy (non-hydrogen) atoms. The van der Waals surface area contributed by atoms with Gasteiger partial charge in [0, 0.05) is 0 Å². The van der Waals surface area contributed by atoms with Gasteiger partial charge in [-0.05, 0) is 99.2 Å². The van der Waals surface area contributed by atoms with Crippen LogP contribution in [0.1, 0.15) is 190 Å². The third-order valence-electron chi connectivity index (χ3n) is 11.8. The average Bonchev–Trinajstić information content (AvgIpc) is 3.45. The Labute approximate surface area is 334 Å². The largest absolute Gasteiger partial charge is 0.494 e. The first-order valence-corrected chi connectivity index (χ1v) is 22.1. The standard InChI is InChI=1S/C49H72NO5/c1-5-7-9-11-13-15-17-19-21-23-39-53-44-31-25-41(26-32-44)47(51)55-46-35-29-43(30-36-46)49(4)38-37-48(3,50(49)52)42-27-33-45(34-28-42)54-40-24-22-20-18-16-14-12-10-8-6-2/h25-36H,5-24,37-40H2,1-4H3/t48-,49-/m0/s1. The Bertz CT molecular complexity index is 1470. The van der Waals surface area contributed by atoms with Crippen LogP contribution in [0.5, 0.6) is 17.2 Å². The van der Waals surface area contributed by atoms with Gasteiger partial charge in [0.2, 0.25) is 0 Å². The summed E-state index contributed by atoms with van der Waals surface area (Å²) in [4.78, 5) is 12.9. The summed E-state index contributed by atoms with van der Waals surface area (Å²) in [5, 5.41) is 15.3. The second-order valence-electron chi connectivity index (χ2n) is 16.4. The van der Waals surface area contributed by atoms with Crippen molar-refractivity contribution >= 4 is 5.97 Å². The van der Waals surface area contributed by atoms with E-state index in [-0.39, 0.29) is 0 Å². The van der Waals surface area contributed by atoms with Crippen molar-refractivity contribution in [3.8, 4) is 17.2 Å². The van der Waals surface area contributed by atoms with Crippen LogP contribution >= 0.6 is 0 Å². The molecule has 3 aromatic carbocycles. The molecule has 0 unspecified atom stereocenters. The van der Waals surface area contributed by atoms with Gasteiger partial charge in [0.25, 0.3) is 0 Å². The number of unbranched alkanes of at least 4 members (excludes halogenated alkanes) is 18. The molecule has 1 saturated heterocycles. The highest BCUT2D eigenvalue weighted by Gasteiger charge is 2.52. The molecular weight excluding hydrogens is 683 g/mol. The third-order valence-corrected chi connectivity index (χ3v) is 11.8. The van der Waals surface area contributed by atoms with E-state index < -0.39 is 17.0 Å². The Hall–Kier alpha value is -3.35. The van der Waals surface area contributed by atoms with Crippen molar-refractivity contribution in [2.75, 3.05) is 13.2 Å². The van der Waals surface area contributed by atoms with E-state index in [0.29, 0.717) is 17.9 Å². The lowest BCUT2D eigenvalue weighted by atomic mass is 9.89. The number of carbonyl (C=O) groups is 1. The Morgan fingerprint density at radius 3 is 1.20 bits per heavy atom. The highest BCUT2D eigenvalue weighted by molar-refractivity contribution is 5.91. The Morgan fingerprint density at radius 1 is 0.491 bits per heavy atom. The summed E-state index contributed by atoms with van der Waals surface area (Å²) >= 11 is 0. The first kappa shape index (κ1) is 44.4. The van der Waals surface area contributed by atoms with Gasteiger partial charge in [0.1, 0.15) is 17.2 Å². The molecule has 0 amide bonds. The maximum absolute atomic E-state index is 14.1. The molecule has 0 aliphatic carbocycles. The average molecular weight is 755 g/mol. The quantitative estimate of drug-likeness (QED) is 0.0419. The zero-order valence-electron chi connectivity index (χ0n) is 34.9. The molecule has 0 bridgehead atoms. The number of benzene rings is 3. The molecule has 0 spiro atoms. The molecule has 0 aromatic heterocycles. The van der Waals surface area contributed by atoms with Crippen LogP contribution in [0.15, 0.2) is 72.8 Å². The van der Waals surface area contributed by atoms with E-state index in [2.05, 4.69) is 13.8 Å². The van der Waals surface area contributed by atoms with Gasteiger partial charge >= 0.3 is 5.97 Å². The van der Waals surface area contributed by atoms with Crippen LogP contribution in [0.4, 0.5) is 0 Å². The van der Waals surface area contributed by atoms with E-state index in [9.17, 15) is 10.0 Å². The predicted octanol–water partition coefficient (Wildman–Crippen LogP) is 14.1. The van der Waals surface area contributed by atoms with Gasteiger partial charge < -0.3 is 14.2 Å². The summed E-state index contributed by atoms with van der Waals surface area (Å²) in [5.41, 5.74) is 1.02. The van der Waals surface area contributed by atoms with Gasteiger partial charge in [-0.25, -0.2) is 4.79 Å². The summed E-state index contributed by atoms with van der Waals surface area (Å²) in [6, 6.07) is 22.6. The number of ether oxygens (including phenoxy) is 3. The lowest BCUT2D eigenvalue weighted by Crippen LogP contribution is -2.44. The minimum Gasteiger partial charge on any atom is -0.494 e. The molecule has 2 atom stereocenters. The first-order valence-electron chi connectivity index (χ1n) is 22.1. The molecule has 1 fully saturated rings. The summed E-state index contributed by atoms with van der Waals surface area (Å²) in [5.74, 6) is 1.65. The molecule has 303 valence electrons. The fourth-order valence-corrected chi connectivity index (χ4v) is 7.96. The maximum Gasteiger partial charge on any atom is 0.343 e. The number of rotatable bonds is 28. The fourth-order valence-electron chi connectivity index (χ4n) is 7.96. The van der Waals surface area contributed by atoms with Crippen molar-refractivity contribution in [3.05, 3.63) is 89.5 Å². The van der Waals surface area contributed by atoms with Crippen LogP contribution in [0.3, 0.4) is 0 Å². The Morgan fingerprint density at radius 2 is 0.818 bits per heavy atom. The van der Waals surface area contributed by atoms with Crippen LogP contribution in [0.25, 0.3) is 0 Å². The van der Waals surface area contributed by atoms with Gasteiger partial charge in [-0.1, -0.05) is 154 Å². The molecule has 1 heterocycles. The number of hydrogen-bond acceptors (Lipinski definition) is 5. The van der Waals surface area contributed by atoms with Crippen molar-refractivity contribution in [3.63, 3.8) is 0 Å². The molecule has 6 heteroatoms. The monoisotopic (exact) mass is 755 g/mol. The summed E-state index contributed by atoms with van der Waals surface area (Å²) in [6.45, 7) is 9.99. The van der Waals surface area contributed by atoms with Gasteiger partial charge in [-0.3, -0.25) is 0 Å². The van der Waals surface area contributed by atoms with E-state index in [0.717, 1.165) is 54.9 Å². The minimum absolute atomic E-state index is 0.421. The third kappa shape index (κ3) is 14.3. The first-order chi connectivity index (χ1) is 26.8. The van der Waals surface area contributed by atoms with E-state index in [1.165, 1.54) is 121 Å². The van der Waals surface area contributed by atoms with Crippen molar-refractivity contribution in [2.24, 2.45) is 0 Å². The number of hydrogen-bond donors (Lipinski definition) is 0. The minimum atomic E-state index is -0.703. The summed E-state index contributed by atoms with van der Waals surface area (Å²) in [6.07, 6.45) is 27.5. The van der Waals surface area contributed by atoms with Crippen LogP contribution in [-0.4, -0.2) is 24.2 Å². The van der Waals surface area contributed by atoms with Crippen molar-refractivity contribution in [1.82, 2.24) is 5.06 Å². The van der Waals surface area contributed by atoms with E-state index in [1.807, 2.05) is 62.4 Å². The number of nitrogens with zero attached hydrogens (tertiary/aromatic N) is 1. The van der Waals surface area contributed by atoms with Crippen LogP contribution < -0.4 is 14.2 Å². The van der Waals surface area contributed by atoms with Crippen LogP contribution in [0.2, 0.25) is 0 Å². The second kappa shape index (κ2) is 24.3. The highest BCUT2D eigenvalue weighted by atomic mass is 16.5. The molecular formula is C49H72NO5. The predicted molar refractivity (Wildman–Crippen MR) is 225 cm³/mol. The number of carbonyl (C=O) groups excluding carboxylic acids is 1. The van der Waals surface area contributed by atoms with Gasteiger partial charge in [-0.15, -0.1) is 10.3 Å². The summed E-state index contributed by atoms with van der Waals surface area (Å²) in [7, 11) is 0. The van der Waals surface area contributed by atoms with Crippen molar-refractivity contribution < 1.29 is 24.2 Å². The lowest BCUT2D eigenvalue weighted by molar-refractivity contribution is -0.260. The highest BCUT2D eigenvalue weighted by Crippen LogP contribution is 2.51.